The number of benzene rings is 1. The molecule has 0 spiro atoms. The number of ether oxygens (including phenoxy) is 1. The highest BCUT2D eigenvalue weighted by molar-refractivity contribution is 14.1. The largest absolute Gasteiger partial charge is 0.491 e. The van der Waals surface area contributed by atoms with E-state index in [4.69, 9.17) is 4.74 Å². The van der Waals surface area contributed by atoms with Gasteiger partial charge in [0, 0.05) is 6.54 Å². The normalized spacial score (nSPS) is 9.53. The van der Waals surface area contributed by atoms with Crippen LogP contribution in [0, 0.1) is 10.5 Å². The highest BCUT2D eigenvalue weighted by atomic mass is 127. The lowest BCUT2D eigenvalue weighted by molar-refractivity contribution is 0.313. The third kappa shape index (κ3) is 5.58. The van der Waals surface area contributed by atoms with E-state index in [9.17, 15) is 0 Å². The molecule has 1 rings (SSSR count). The van der Waals surface area contributed by atoms with Gasteiger partial charge < -0.3 is 10.1 Å². The van der Waals surface area contributed by atoms with Crippen LogP contribution in [0.5, 0.6) is 5.75 Å². The van der Waals surface area contributed by atoms with Gasteiger partial charge in [-0.25, -0.2) is 0 Å². The quantitative estimate of drug-likeness (QED) is 0.657. The van der Waals surface area contributed by atoms with Gasteiger partial charge >= 0.3 is 0 Å². The maximum Gasteiger partial charge on any atom is 0.132 e. The molecule has 1 aromatic carbocycles. The first-order chi connectivity index (χ1) is 6.74. The van der Waals surface area contributed by atoms with E-state index in [0.29, 0.717) is 0 Å². The zero-order valence-electron chi connectivity index (χ0n) is 9.05. The molecule has 0 aliphatic rings. The molecule has 0 atom stereocenters. The Morgan fingerprint density at radius 3 is 2.73 bits per heavy atom. The summed E-state index contributed by atoms with van der Waals surface area (Å²) in [6.07, 6.45) is 0. The fraction of sp³-hybridized carbons (Fsp3) is 0.455. The van der Waals surface area contributed by atoms with Crippen molar-refractivity contribution in [3.63, 3.8) is 0 Å². The Balaban J connectivity index is 0.00000196. The van der Waals surface area contributed by atoms with Crippen molar-refractivity contribution in [2.75, 3.05) is 19.7 Å². The van der Waals surface area contributed by atoms with E-state index in [-0.39, 0.29) is 12.4 Å². The first-order valence-electron chi connectivity index (χ1n) is 4.83. The van der Waals surface area contributed by atoms with Crippen LogP contribution in [-0.4, -0.2) is 19.7 Å². The first-order valence-corrected chi connectivity index (χ1v) is 5.91. The van der Waals surface area contributed by atoms with E-state index >= 15 is 0 Å². The molecule has 0 bridgehead atoms. The Hall–Kier alpha value is -0.0000000000000000555. The van der Waals surface area contributed by atoms with E-state index in [2.05, 4.69) is 53.9 Å². The first kappa shape index (κ1) is 15.0. The predicted octanol–water partition coefficient (Wildman–Crippen LogP) is 3.01. The number of rotatable bonds is 5. The molecule has 4 heteroatoms. The summed E-state index contributed by atoms with van der Waals surface area (Å²) in [7, 11) is 0. The van der Waals surface area contributed by atoms with Gasteiger partial charge in [-0.3, -0.25) is 0 Å². The minimum absolute atomic E-state index is 0. The summed E-state index contributed by atoms with van der Waals surface area (Å²) in [4.78, 5) is 0. The predicted molar refractivity (Wildman–Crippen MR) is 75.2 cm³/mol. The molecule has 0 heterocycles. The summed E-state index contributed by atoms with van der Waals surface area (Å²) in [5, 5.41) is 3.22. The standard InChI is InChI=1S/C11H16INO.ClH/c1-3-13-6-7-14-11-5-4-9(2)8-10(11)12;/h4-5,8,13H,3,6-7H2,1-2H3;1H. The Kier molecular flexibility index (Phi) is 8.19. The summed E-state index contributed by atoms with van der Waals surface area (Å²) >= 11 is 2.30. The molecule has 0 amide bonds. The number of likely N-dealkylation sites (N-methyl/N-ethyl adjacent to an activating group) is 1. The third-order valence-electron chi connectivity index (χ3n) is 1.87. The van der Waals surface area contributed by atoms with E-state index in [1.165, 1.54) is 9.13 Å². The van der Waals surface area contributed by atoms with Crippen LogP contribution in [0.25, 0.3) is 0 Å². The fourth-order valence-corrected chi connectivity index (χ4v) is 1.96. The smallest absolute Gasteiger partial charge is 0.132 e. The molecule has 86 valence electrons. The van der Waals surface area contributed by atoms with Gasteiger partial charge in [0.25, 0.3) is 0 Å². The van der Waals surface area contributed by atoms with Crippen molar-refractivity contribution in [2.45, 2.75) is 13.8 Å². The van der Waals surface area contributed by atoms with Gasteiger partial charge in [0.05, 0.1) is 3.57 Å². The van der Waals surface area contributed by atoms with Crippen molar-refractivity contribution >= 4 is 35.0 Å². The molecule has 0 aliphatic carbocycles. The molecular weight excluding hydrogens is 324 g/mol. The van der Waals surface area contributed by atoms with Gasteiger partial charge in [-0.2, -0.15) is 0 Å². The minimum atomic E-state index is 0. The van der Waals surface area contributed by atoms with Gasteiger partial charge in [-0.15, -0.1) is 12.4 Å². The molecule has 0 saturated heterocycles. The molecule has 0 radical (unpaired) electrons. The van der Waals surface area contributed by atoms with Gasteiger partial charge in [-0.05, 0) is 53.8 Å². The second kappa shape index (κ2) is 8.19. The second-order valence-corrected chi connectivity index (χ2v) is 4.30. The average Bonchev–Trinajstić information content (AvgIpc) is 2.15. The highest BCUT2D eigenvalue weighted by Crippen LogP contribution is 2.21. The van der Waals surface area contributed by atoms with Crippen LogP contribution in [0.1, 0.15) is 12.5 Å². The van der Waals surface area contributed by atoms with Crippen LogP contribution in [0.4, 0.5) is 0 Å². The maximum absolute atomic E-state index is 5.62. The Labute approximate surface area is 111 Å². The molecule has 0 unspecified atom stereocenters. The van der Waals surface area contributed by atoms with Crippen LogP contribution in [0.2, 0.25) is 0 Å². The lowest BCUT2D eigenvalue weighted by atomic mass is 10.2. The molecule has 1 aromatic rings. The van der Waals surface area contributed by atoms with Crippen molar-refractivity contribution in [3.8, 4) is 5.75 Å². The number of aryl methyl sites for hydroxylation is 1. The van der Waals surface area contributed by atoms with Gasteiger partial charge in [0.15, 0.2) is 0 Å². The number of hydrogen-bond acceptors (Lipinski definition) is 2. The molecular formula is C11H17ClINO. The van der Waals surface area contributed by atoms with Crippen LogP contribution < -0.4 is 10.1 Å². The van der Waals surface area contributed by atoms with Gasteiger partial charge in [-0.1, -0.05) is 13.0 Å². The topological polar surface area (TPSA) is 21.3 Å². The van der Waals surface area contributed by atoms with Crippen LogP contribution in [0.3, 0.4) is 0 Å². The van der Waals surface area contributed by atoms with Crippen LogP contribution >= 0.6 is 35.0 Å². The molecule has 0 saturated carbocycles. The zero-order valence-corrected chi connectivity index (χ0v) is 12.0. The van der Waals surface area contributed by atoms with Crippen molar-refractivity contribution in [1.29, 1.82) is 0 Å². The summed E-state index contributed by atoms with van der Waals surface area (Å²) < 4.78 is 6.80. The Morgan fingerprint density at radius 2 is 2.13 bits per heavy atom. The van der Waals surface area contributed by atoms with Crippen LogP contribution in [-0.2, 0) is 0 Å². The number of nitrogens with one attached hydrogen (secondary N) is 1. The van der Waals surface area contributed by atoms with Crippen molar-refractivity contribution in [1.82, 2.24) is 5.32 Å². The summed E-state index contributed by atoms with van der Waals surface area (Å²) in [5.41, 5.74) is 1.27. The van der Waals surface area contributed by atoms with Crippen molar-refractivity contribution in [2.24, 2.45) is 0 Å². The molecule has 0 aromatic heterocycles. The van der Waals surface area contributed by atoms with Gasteiger partial charge in [0.2, 0.25) is 0 Å². The molecule has 15 heavy (non-hydrogen) atoms. The molecule has 1 N–H and O–H groups in total. The monoisotopic (exact) mass is 341 g/mol. The van der Waals surface area contributed by atoms with E-state index in [0.717, 1.165) is 25.4 Å². The average molecular weight is 342 g/mol. The SMILES string of the molecule is CCNCCOc1ccc(C)cc1I.Cl. The van der Waals surface area contributed by atoms with Crippen LogP contribution in [0.15, 0.2) is 18.2 Å². The lowest BCUT2D eigenvalue weighted by Crippen LogP contribution is -2.20. The summed E-state index contributed by atoms with van der Waals surface area (Å²) in [6.45, 7) is 6.81. The third-order valence-corrected chi connectivity index (χ3v) is 2.72. The van der Waals surface area contributed by atoms with Gasteiger partial charge in [0.1, 0.15) is 12.4 Å². The second-order valence-electron chi connectivity index (χ2n) is 3.14. The molecule has 2 nitrogen and oxygen atoms in total. The molecule has 0 fully saturated rings. The molecule has 0 aliphatic heterocycles. The number of halogens is 2. The van der Waals surface area contributed by atoms with Crippen molar-refractivity contribution < 1.29 is 4.74 Å². The maximum atomic E-state index is 5.62. The Bertz CT molecular complexity index is 294. The van der Waals surface area contributed by atoms with E-state index < -0.39 is 0 Å². The lowest BCUT2D eigenvalue weighted by Gasteiger charge is -2.08. The van der Waals surface area contributed by atoms with E-state index in [1.807, 2.05) is 6.07 Å². The fourth-order valence-electron chi connectivity index (χ4n) is 1.13. The Morgan fingerprint density at radius 1 is 1.40 bits per heavy atom. The highest BCUT2D eigenvalue weighted by Gasteiger charge is 1.99. The summed E-state index contributed by atoms with van der Waals surface area (Å²) in [6, 6.07) is 6.23. The minimum Gasteiger partial charge on any atom is -0.491 e. The van der Waals surface area contributed by atoms with Crippen molar-refractivity contribution in [3.05, 3.63) is 27.3 Å². The number of hydrogen-bond donors (Lipinski definition) is 1. The zero-order chi connectivity index (χ0) is 10.4. The summed E-state index contributed by atoms with van der Waals surface area (Å²) in [5.74, 6) is 0.981. The van der Waals surface area contributed by atoms with E-state index in [1.54, 1.807) is 0 Å².